The maximum atomic E-state index is 12.9. The summed E-state index contributed by atoms with van der Waals surface area (Å²) in [7, 11) is 0. The van der Waals surface area contributed by atoms with Crippen molar-refractivity contribution in [2.24, 2.45) is 11.5 Å². The van der Waals surface area contributed by atoms with Crippen LogP contribution in [0.3, 0.4) is 0 Å². The Morgan fingerprint density at radius 3 is 2.11 bits per heavy atom. The van der Waals surface area contributed by atoms with E-state index in [0.717, 1.165) is 0 Å². The number of carbonyl (C=O) groups excluding carboxylic acids is 3. The van der Waals surface area contributed by atoms with Gasteiger partial charge in [-0.1, -0.05) is 12.1 Å². The second-order valence-electron chi connectivity index (χ2n) is 7.93. The third kappa shape index (κ3) is 11.8. The summed E-state index contributed by atoms with van der Waals surface area (Å²) in [6.45, 7) is -0.149. The fourth-order valence-electron chi connectivity index (χ4n) is 3.05. The second-order valence-corrected chi connectivity index (χ2v) is 7.93. The number of rotatable bonds is 16. The summed E-state index contributed by atoms with van der Waals surface area (Å²) in [5, 5.41) is 34.7. The molecule has 0 aliphatic rings. The molecule has 13 heteroatoms. The first-order valence-electron chi connectivity index (χ1n) is 11.1. The van der Waals surface area contributed by atoms with E-state index in [1.54, 1.807) is 12.1 Å². The number of benzene rings is 1. The smallest absolute Gasteiger partial charge is 0.326 e. The molecular formula is C22H33N5O8. The van der Waals surface area contributed by atoms with Crippen LogP contribution in [0.1, 0.15) is 37.7 Å². The van der Waals surface area contributed by atoms with Crippen LogP contribution in [-0.4, -0.2) is 76.2 Å². The standard InChI is InChI=1S/C22H33N5O8/c23-10-2-1-3-16(22(34)35)27-21(33)17(11-13-4-6-14(28)7-5-13)26-18(29)12-25-20(32)15(24)8-9-19(30)31/h4-7,15-17,28H,1-3,8-12,23-24H2,(H,25,32)(H,26,29)(H,27,33)(H,30,31)(H,34,35). The van der Waals surface area contributed by atoms with Gasteiger partial charge >= 0.3 is 11.9 Å². The Labute approximate surface area is 202 Å². The van der Waals surface area contributed by atoms with Crippen LogP contribution < -0.4 is 27.4 Å². The number of nitrogens with one attached hydrogen (secondary N) is 3. The zero-order valence-corrected chi connectivity index (χ0v) is 19.2. The molecule has 10 N–H and O–H groups in total. The highest BCUT2D eigenvalue weighted by Crippen LogP contribution is 2.12. The van der Waals surface area contributed by atoms with Crippen LogP contribution in [0.2, 0.25) is 0 Å². The summed E-state index contributed by atoms with van der Waals surface area (Å²) >= 11 is 0. The first-order valence-corrected chi connectivity index (χ1v) is 11.1. The van der Waals surface area contributed by atoms with Gasteiger partial charge in [0.1, 0.15) is 17.8 Å². The Morgan fingerprint density at radius 1 is 0.886 bits per heavy atom. The molecule has 0 saturated carbocycles. The predicted octanol–water partition coefficient (Wildman–Crippen LogP) is -1.57. The van der Waals surface area contributed by atoms with Crippen molar-refractivity contribution in [1.82, 2.24) is 16.0 Å². The van der Waals surface area contributed by atoms with E-state index in [4.69, 9.17) is 16.6 Å². The quantitative estimate of drug-likeness (QED) is 0.123. The fraction of sp³-hybridized carbons (Fsp3) is 0.500. The van der Waals surface area contributed by atoms with E-state index in [1.165, 1.54) is 12.1 Å². The van der Waals surface area contributed by atoms with Gasteiger partial charge in [-0.05, 0) is 49.9 Å². The number of aliphatic carboxylic acids is 2. The summed E-state index contributed by atoms with van der Waals surface area (Å²) in [5.74, 6) is -4.54. The lowest BCUT2D eigenvalue weighted by Gasteiger charge is -2.22. The molecular weight excluding hydrogens is 462 g/mol. The summed E-state index contributed by atoms with van der Waals surface area (Å²) in [6.07, 6.45) is 0.779. The molecule has 0 bridgehead atoms. The van der Waals surface area contributed by atoms with Crippen molar-refractivity contribution in [2.75, 3.05) is 13.1 Å². The van der Waals surface area contributed by atoms with Crippen molar-refractivity contribution in [3.05, 3.63) is 29.8 Å². The van der Waals surface area contributed by atoms with E-state index in [9.17, 15) is 34.2 Å². The number of carboxylic acids is 2. The molecule has 1 aromatic rings. The van der Waals surface area contributed by atoms with Crippen LogP contribution in [0.5, 0.6) is 5.75 Å². The number of phenolic OH excluding ortho intramolecular Hbond substituents is 1. The summed E-state index contributed by atoms with van der Waals surface area (Å²) in [4.78, 5) is 59.4. The third-order valence-corrected chi connectivity index (χ3v) is 5.02. The monoisotopic (exact) mass is 495 g/mol. The van der Waals surface area contributed by atoms with Crippen LogP contribution in [0.15, 0.2) is 24.3 Å². The van der Waals surface area contributed by atoms with E-state index in [2.05, 4.69) is 16.0 Å². The molecule has 3 atom stereocenters. The minimum atomic E-state index is -1.23. The Kier molecular flexibility index (Phi) is 12.8. The molecule has 13 nitrogen and oxygen atoms in total. The summed E-state index contributed by atoms with van der Waals surface area (Å²) in [5.41, 5.74) is 11.6. The van der Waals surface area contributed by atoms with E-state index < -0.39 is 54.3 Å². The molecule has 3 amide bonds. The van der Waals surface area contributed by atoms with Crippen LogP contribution in [0.4, 0.5) is 0 Å². The Morgan fingerprint density at radius 2 is 1.54 bits per heavy atom. The number of amides is 3. The predicted molar refractivity (Wildman–Crippen MR) is 124 cm³/mol. The average Bonchev–Trinajstić information content (AvgIpc) is 2.81. The maximum absolute atomic E-state index is 12.9. The Balaban J connectivity index is 2.83. The van der Waals surface area contributed by atoms with Gasteiger partial charge in [-0.15, -0.1) is 0 Å². The lowest BCUT2D eigenvalue weighted by Crippen LogP contribution is -2.54. The van der Waals surface area contributed by atoms with Crippen molar-refractivity contribution in [3.8, 4) is 5.75 Å². The number of aromatic hydroxyl groups is 1. The largest absolute Gasteiger partial charge is 0.508 e. The van der Waals surface area contributed by atoms with Crippen LogP contribution >= 0.6 is 0 Å². The van der Waals surface area contributed by atoms with Gasteiger partial charge in [0.25, 0.3) is 0 Å². The number of hydrogen-bond acceptors (Lipinski definition) is 8. The molecule has 0 saturated heterocycles. The van der Waals surface area contributed by atoms with E-state index >= 15 is 0 Å². The molecule has 3 unspecified atom stereocenters. The van der Waals surface area contributed by atoms with E-state index in [0.29, 0.717) is 24.9 Å². The molecule has 35 heavy (non-hydrogen) atoms. The fourth-order valence-corrected chi connectivity index (χ4v) is 3.05. The minimum absolute atomic E-state index is 0.00609. The first-order chi connectivity index (χ1) is 16.5. The lowest BCUT2D eigenvalue weighted by molar-refractivity contribution is -0.142. The van der Waals surface area contributed by atoms with Gasteiger partial charge in [-0.2, -0.15) is 0 Å². The topological polar surface area (TPSA) is 234 Å². The number of nitrogens with two attached hydrogens (primary N) is 2. The summed E-state index contributed by atoms with van der Waals surface area (Å²) < 4.78 is 0. The molecule has 0 aliphatic heterocycles. The average molecular weight is 496 g/mol. The summed E-state index contributed by atoms with van der Waals surface area (Å²) in [6, 6.07) is 2.40. The van der Waals surface area contributed by atoms with Gasteiger partial charge in [0.05, 0.1) is 12.6 Å². The zero-order valence-electron chi connectivity index (χ0n) is 19.2. The van der Waals surface area contributed by atoms with Crippen LogP contribution in [-0.2, 0) is 30.4 Å². The second kappa shape index (κ2) is 15.2. The Hall–Kier alpha value is -3.71. The molecule has 194 valence electrons. The van der Waals surface area contributed by atoms with Gasteiger partial charge in [-0.3, -0.25) is 19.2 Å². The molecule has 1 aromatic carbocycles. The minimum Gasteiger partial charge on any atom is -0.508 e. The third-order valence-electron chi connectivity index (χ3n) is 5.02. The molecule has 0 fully saturated rings. The lowest BCUT2D eigenvalue weighted by atomic mass is 10.0. The van der Waals surface area contributed by atoms with Gasteiger partial charge in [-0.25, -0.2) is 4.79 Å². The zero-order chi connectivity index (χ0) is 26.4. The first kappa shape index (κ1) is 29.3. The van der Waals surface area contributed by atoms with E-state index in [1.807, 2.05) is 0 Å². The van der Waals surface area contributed by atoms with Gasteiger partial charge in [0, 0.05) is 12.8 Å². The highest BCUT2D eigenvalue weighted by atomic mass is 16.4. The highest BCUT2D eigenvalue weighted by molar-refractivity contribution is 5.92. The van der Waals surface area contributed by atoms with Crippen molar-refractivity contribution in [3.63, 3.8) is 0 Å². The maximum Gasteiger partial charge on any atom is 0.326 e. The van der Waals surface area contributed by atoms with E-state index in [-0.39, 0.29) is 31.4 Å². The molecule has 0 aliphatic carbocycles. The molecule has 0 spiro atoms. The molecule has 0 aromatic heterocycles. The van der Waals surface area contributed by atoms with Crippen LogP contribution in [0.25, 0.3) is 0 Å². The normalized spacial score (nSPS) is 13.2. The van der Waals surface area contributed by atoms with Crippen molar-refractivity contribution in [1.29, 1.82) is 0 Å². The highest BCUT2D eigenvalue weighted by Gasteiger charge is 2.27. The number of phenols is 1. The Bertz CT molecular complexity index is 877. The van der Waals surface area contributed by atoms with Gasteiger partial charge in [0.2, 0.25) is 17.7 Å². The van der Waals surface area contributed by atoms with Gasteiger partial charge < -0.3 is 42.7 Å². The number of carboxylic acid groups (broad SMARTS) is 2. The number of hydrogen-bond donors (Lipinski definition) is 8. The molecule has 1 rings (SSSR count). The van der Waals surface area contributed by atoms with Crippen molar-refractivity contribution < 1.29 is 39.3 Å². The number of carbonyl (C=O) groups is 5. The van der Waals surface area contributed by atoms with Gasteiger partial charge in [0.15, 0.2) is 0 Å². The SMILES string of the molecule is NCCCCC(NC(=O)C(Cc1ccc(O)cc1)NC(=O)CNC(=O)C(N)CCC(=O)O)C(=O)O. The molecule has 0 heterocycles. The van der Waals surface area contributed by atoms with Crippen LogP contribution in [0, 0.1) is 0 Å². The van der Waals surface area contributed by atoms with Crippen molar-refractivity contribution >= 4 is 29.7 Å². The van der Waals surface area contributed by atoms with Crippen molar-refractivity contribution in [2.45, 2.75) is 56.7 Å². The molecule has 0 radical (unpaired) electrons. The number of unbranched alkanes of at least 4 members (excludes halogenated alkanes) is 1.